The number of nitrogen functional groups attached to an aromatic ring is 1. The summed E-state index contributed by atoms with van der Waals surface area (Å²) >= 11 is 5.85. The number of fused-ring (bicyclic) bond motifs is 1. The summed E-state index contributed by atoms with van der Waals surface area (Å²) < 4.78 is 20.6. The van der Waals surface area contributed by atoms with Crippen LogP contribution in [0.5, 0.6) is 5.75 Å². The van der Waals surface area contributed by atoms with E-state index < -0.39 is 17.3 Å². The minimum atomic E-state index is -0.646. The molecule has 0 bridgehead atoms. The fraction of sp³-hybridized carbons (Fsp3) is 0.160. The lowest BCUT2D eigenvalue weighted by Crippen LogP contribution is -2.31. The summed E-state index contributed by atoms with van der Waals surface area (Å²) in [5.74, 6) is -0.644. The average molecular weight is 481 g/mol. The van der Waals surface area contributed by atoms with Crippen molar-refractivity contribution in [2.45, 2.75) is 20.0 Å². The van der Waals surface area contributed by atoms with Crippen molar-refractivity contribution in [2.24, 2.45) is 0 Å². The third-order valence-corrected chi connectivity index (χ3v) is 5.48. The molecule has 2 aromatic heterocycles. The van der Waals surface area contributed by atoms with Crippen LogP contribution in [0.1, 0.15) is 29.4 Å². The molecule has 0 radical (unpaired) electrons. The number of aromatic nitrogens is 2. The van der Waals surface area contributed by atoms with Crippen LogP contribution < -0.4 is 21.3 Å². The first kappa shape index (κ1) is 23.3. The lowest BCUT2D eigenvalue weighted by molar-refractivity contribution is 0.0953. The fourth-order valence-corrected chi connectivity index (χ4v) is 3.68. The van der Waals surface area contributed by atoms with Gasteiger partial charge in [0.1, 0.15) is 23.7 Å². The molecule has 174 valence electrons. The molecule has 7 nitrogen and oxygen atoms in total. The standard InChI is InChI=1S/C25H22ClFN4O3/c1-2-10-29-24(32)21-22(28)18-5-3-4-17(23(18)31-25(21)33)19-11-16(8-9-20(19)27)34-13-15-7-6-14(26)12-30-15/h3-9,11-12H,2,10,13H2,1H3,(H,29,32)(H3,28,31,33). The highest BCUT2D eigenvalue weighted by Gasteiger charge is 2.20. The van der Waals surface area contributed by atoms with Crippen molar-refractivity contribution in [1.29, 1.82) is 0 Å². The highest BCUT2D eigenvalue weighted by Crippen LogP contribution is 2.34. The van der Waals surface area contributed by atoms with Gasteiger partial charge in [0.25, 0.3) is 11.5 Å². The molecule has 0 aliphatic heterocycles. The molecule has 0 aliphatic carbocycles. The van der Waals surface area contributed by atoms with E-state index in [0.29, 0.717) is 45.9 Å². The number of carbonyl (C=O) groups excluding carboxylic acids is 1. The van der Waals surface area contributed by atoms with E-state index in [1.54, 1.807) is 30.3 Å². The Balaban J connectivity index is 1.73. The van der Waals surface area contributed by atoms with Gasteiger partial charge in [-0.15, -0.1) is 0 Å². The van der Waals surface area contributed by atoms with Gasteiger partial charge in [0, 0.05) is 29.3 Å². The number of aromatic amines is 1. The molecule has 0 spiro atoms. The molecule has 4 aromatic rings. The Morgan fingerprint density at radius 1 is 1.21 bits per heavy atom. The number of benzene rings is 2. The van der Waals surface area contributed by atoms with Crippen molar-refractivity contribution in [2.75, 3.05) is 12.3 Å². The molecule has 34 heavy (non-hydrogen) atoms. The van der Waals surface area contributed by atoms with Crippen LogP contribution in [0.3, 0.4) is 0 Å². The Bertz CT molecular complexity index is 1420. The zero-order valence-corrected chi connectivity index (χ0v) is 19.1. The number of nitrogens with zero attached hydrogens (tertiary/aromatic N) is 1. The molecule has 4 N–H and O–H groups in total. The van der Waals surface area contributed by atoms with E-state index in [4.69, 9.17) is 22.1 Å². The number of halogens is 2. The number of rotatable bonds is 7. The lowest BCUT2D eigenvalue weighted by atomic mass is 9.99. The van der Waals surface area contributed by atoms with Gasteiger partial charge in [-0.1, -0.05) is 36.7 Å². The van der Waals surface area contributed by atoms with Gasteiger partial charge >= 0.3 is 0 Å². The second-order valence-electron chi connectivity index (χ2n) is 7.62. The third kappa shape index (κ3) is 4.72. The minimum absolute atomic E-state index is 0.0378. The number of nitrogens with two attached hydrogens (primary N) is 1. The normalized spacial score (nSPS) is 10.9. The van der Waals surface area contributed by atoms with E-state index in [1.807, 2.05) is 6.92 Å². The van der Waals surface area contributed by atoms with Crippen LogP contribution in [0, 0.1) is 5.82 Å². The predicted octanol–water partition coefficient (Wildman–Crippen LogP) is 4.68. The Hall–Kier alpha value is -3.91. The zero-order chi connectivity index (χ0) is 24.2. The summed E-state index contributed by atoms with van der Waals surface area (Å²) in [4.78, 5) is 32.1. The Morgan fingerprint density at radius 3 is 2.76 bits per heavy atom. The van der Waals surface area contributed by atoms with Crippen molar-refractivity contribution in [3.63, 3.8) is 0 Å². The maximum atomic E-state index is 14.9. The smallest absolute Gasteiger partial charge is 0.263 e. The van der Waals surface area contributed by atoms with Gasteiger partial charge in [-0.05, 0) is 36.8 Å². The Labute approximate surface area is 199 Å². The molecule has 9 heteroatoms. The molecular formula is C25H22ClFN4O3. The van der Waals surface area contributed by atoms with Crippen LogP contribution in [-0.2, 0) is 6.61 Å². The molecule has 0 aliphatic rings. The molecule has 0 fully saturated rings. The highest BCUT2D eigenvalue weighted by molar-refractivity contribution is 6.30. The average Bonchev–Trinajstić information content (AvgIpc) is 2.83. The van der Waals surface area contributed by atoms with Gasteiger partial charge in [0.15, 0.2) is 0 Å². The maximum Gasteiger partial charge on any atom is 0.263 e. The van der Waals surface area contributed by atoms with Crippen LogP contribution in [0.2, 0.25) is 5.02 Å². The summed E-state index contributed by atoms with van der Waals surface area (Å²) in [6, 6.07) is 12.8. The van der Waals surface area contributed by atoms with Crippen LogP contribution in [0.4, 0.5) is 10.1 Å². The number of ether oxygens (including phenoxy) is 1. The van der Waals surface area contributed by atoms with Crippen LogP contribution >= 0.6 is 11.6 Å². The summed E-state index contributed by atoms with van der Waals surface area (Å²) in [7, 11) is 0. The molecule has 0 saturated carbocycles. The Morgan fingerprint density at radius 2 is 2.03 bits per heavy atom. The molecule has 0 saturated heterocycles. The highest BCUT2D eigenvalue weighted by atomic mass is 35.5. The number of carbonyl (C=O) groups is 1. The van der Waals surface area contributed by atoms with Crippen LogP contribution in [0.15, 0.2) is 59.5 Å². The fourth-order valence-electron chi connectivity index (χ4n) is 3.57. The first-order valence-electron chi connectivity index (χ1n) is 10.6. The van der Waals surface area contributed by atoms with Gasteiger partial charge in [-0.25, -0.2) is 4.39 Å². The first-order valence-corrected chi connectivity index (χ1v) is 11.0. The third-order valence-electron chi connectivity index (χ3n) is 5.26. The molecule has 2 heterocycles. The number of hydrogen-bond acceptors (Lipinski definition) is 5. The van der Waals surface area contributed by atoms with E-state index in [0.717, 1.165) is 0 Å². The molecular weight excluding hydrogens is 459 g/mol. The minimum Gasteiger partial charge on any atom is -0.487 e. The number of pyridine rings is 2. The van der Waals surface area contributed by atoms with Crippen molar-refractivity contribution in [3.8, 4) is 16.9 Å². The largest absolute Gasteiger partial charge is 0.487 e. The van der Waals surface area contributed by atoms with Crippen molar-refractivity contribution >= 4 is 34.1 Å². The van der Waals surface area contributed by atoms with Crippen molar-refractivity contribution < 1.29 is 13.9 Å². The van der Waals surface area contributed by atoms with Crippen LogP contribution in [0.25, 0.3) is 22.0 Å². The number of H-pyrrole nitrogens is 1. The number of anilines is 1. The quantitative estimate of drug-likeness (QED) is 0.355. The van der Waals surface area contributed by atoms with E-state index >= 15 is 0 Å². The second-order valence-corrected chi connectivity index (χ2v) is 8.06. The van der Waals surface area contributed by atoms with Crippen LogP contribution in [-0.4, -0.2) is 22.4 Å². The summed E-state index contributed by atoms with van der Waals surface area (Å²) in [6.07, 6.45) is 2.23. The molecule has 0 unspecified atom stereocenters. The van der Waals surface area contributed by atoms with Gasteiger partial charge in [0.05, 0.1) is 21.9 Å². The molecule has 2 aromatic carbocycles. The second kappa shape index (κ2) is 9.93. The van der Waals surface area contributed by atoms with Gasteiger partial charge in [-0.2, -0.15) is 0 Å². The lowest BCUT2D eigenvalue weighted by Gasteiger charge is -2.13. The molecule has 0 atom stereocenters. The van der Waals surface area contributed by atoms with Crippen molar-refractivity contribution in [3.05, 3.63) is 87.2 Å². The van der Waals surface area contributed by atoms with Gasteiger partial charge in [-0.3, -0.25) is 14.6 Å². The number of hydrogen-bond donors (Lipinski definition) is 3. The van der Waals surface area contributed by atoms with Gasteiger partial charge < -0.3 is 20.8 Å². The van der Waals surface area contributed by atoms with Crippen molar-refractivity contribution in [1.82, 2.24) is 15.3 Å². The number of amides is 1. The SMILES string of the molecule is CCCNC(=O)c1c(N)c2cccc(-c3cc(OCc4ccc(Cl)cn4)ccc3F)c2[nH]c1=O. The molecule has 1 amide bonds. The monoisotopic (exact) mass is 480 g/mol. The zero-order valence-electron chi connectivity index (χ0n) is 18.3. The van der Waals surface area contributed by atoms with E-state index in [-0.39, 0.29) is 23.4 Å². The topological polar surface area (TPSA) is 110 Å². The predicted molar refractivity (Wildman–Crippen MR) is 131 cm³/mol. The summed E-state index contributed by atoms with van der Waals surface area (Å²) in [5.41, 5.74) is 7.06. The summed E-state index contributed by atoms with van der Waals surface area (Å²) in [6.45, 7) is 2.48. The van der Waals surface area contributed by atoms with E-state index in [9.17, 15) is 14.0 Å². The van der Waals surface area contributed by atoms with E-state index in [2.05, 4.69) is 15.3 Å². The molecule has 4 rings (SSSR count). The van der Waals surface area contributed by atoms with E-state index in [1.165, 1.54) is 24.4 Å². The number of para-hydroxylation sites is 1. The first-order chi connectivity index (χ1) is 16.4. The Kier molecular flexibility index (Phi) is 6.79. The summed E-state index contributed by atoms with van der Waals surface area (Å²) in [5, 5.41) is 3.62. The number of nitrogens with one attached hydrogen (secondary N) is 2. The van der Waals surface area contributed by atoms with Gasteiger partial charge in [0.2, 0.25) is 0 Å². The maximum absolute atomic E-state index is 14.9.